The summed E-state index contributed by atoms with van der Waals surface area (Å²) in [5, 5.41) is 4.12. The van der Waals surface area contributed by atoms with Gasteiger partial charge >= 0.3 is 0 Å². The fourth-order valence-electron chi connectivity index (χ4n) is 2.11. The van der Waals surface area contributed by atoms with Crippen LogP contribution < -0.4 is 5.32 Å². The topological polar surface area (TPSA) is 24.4 Å². The molecule has 0 aliphatic heterocycles. The molecule has 0 spiro atoms. The minimum absolute atomic E-state index is 0.722. The minimum Gasteiger partial charge on any atom is -0.359 e. The van der Waals surface area contributed by atoms with Crippen LogP contribution in [0.4, 0.5) is 0 Å². The maximum Gasteiger partial charge on any atom is 0.0549 e. The molecular formula is C19H25ClN2. The molecule has 0 saturated carbocycles. The minimum atomic E-state index is 0.722. The normalized spacial score (nSPS) is 12.6. The lowest BCUT2D eigenvalue weighted by Crippen LogP contribution is -2.16. The predicted molar refractivity (Wildman–Crippen MR) is 99.4 cm³/mol. The molecule has 0 atom stereocenters. The van der Waals surface area contributed by atoms with Crippen molar-refractivity contribution in [2.75, 3.05) is 7.05 Å². The van der Waals surface area contributed by atoms with Gasteiger partial charge in [0.15, 0.2) is 0 Å². The zero-order valence-electron chi connectivity index (χ0n) is 14.3. The summed E-state index contributed by atoms with van der Waals surface area (Å²) in [5.74, 6) is 0. The molecule has 1 aromatic carbocycles. The number of aliphatic imine (C=N–C) groups is 1. The molecule has 0 bridgehead atoms. The van der Waals surface area contributed by atoms with Crippen molar-refractivity contribution >= 4 is 23.0 Å². The third-order valence-electron chi connectivity index (χ3n) is 3.54. The van der Waals surface area contributed by atoms with Gasteiger partial charge < -0.3 is 5.32 Å². The van der Waals surface area contributed by atoms with E-state index in [0.29, 0.717) is 0 Å². The predicted octanol–water partition coefficient (Wildman–Crippen LogP) is 5.62. The van der Waals surface area contributed by atoms with E-state index in [1.165, 1.54) is 11.1 Å². The average molecular weight is 317 g/mol. The lowest BCUT2D eigenvalue weighted by atomic mass is 9.94. The fourth-order valence-corrected chi connectivity index (χ4v) is 2.24. The van der Waals surface area contributed by atoms with Gasteiger partial charge in [0.1, 0.15) is 0 Å². The van der Waals surface area contributed by atoms with E-state index in [1.807, 2.05) is 45.2 Å². The number of nitrogens with one attached hydrogen (secondary N) is 1. The van der Waals surface area contributed by atoms with Crippen LogP contribution in [0.3, 0.4) is 0 Å². The monoisotopic (exact) mass is 316 g/mol. The summed E-state index contributed by atoms with van der Waals surface area (Å²) in [4.78, 5) is 4.39. The van der Waals surface area contributed by atoms with Crippen LogP contribution in [0.5, 0.6) is 0 Å². The lowest BCUT2D eigenvalue weighted by Gasteiger charge is -2.19. The molecule has 118 valence electrons. The van der Waals surface area contributed by atoms with Crippen LogP contribution in [0.2, 0.25) is 5.02 Å². The Morgan fingerprint density at radius 3 is 2.00 bits per heavy atom. The van der Waals surface area contributed by atoms with Crippen molar-refractivity contribution in [3.05, 3.63) is 63.8 Å². The first kappa shape index (κ1) is 18.2. The Hall–Kier alpha value is -1.80. The highest BCUT2D eigenvalue weighted by Gasteiger charge is 2.15. The van der Waals surface area contributed by atoms with Crippen LogP contribution in [0.15, 0.2) is 58.3 Å². The molecule has 0 unspecified atom stereocenters. The van der Waals surface area contributed by atoms with Gasteiger partial charge in [0.25, 0.3) is 0 Å². The van der Waals surface area contributed by atoms with Crippen molar-refractivity contribution in [1.29, 1.82) is 0 Å². The third kappa shape index (κ3) is 4.60. The largest absolute Gasteiger partial charge is 0.359 e. The van der Waals surface area contributed by atoms with E-state index in [9.17, 15) is 0 Å². The molecule has 0 amide bonds. The van der Waals surface area contributed by atoms with E-state index in [4.69, 9.17) is 11.6 Å². The Kier molecular flexibility index (Phi) is 6.63. The van der Waals surface area contributed by atoms with Crippen molar-refractivity contribution in [2.24, 2.45) is 4.99 Å². The maximum atomic E-state index is 6.02. The first-order valence-corrected chi connectivity index (χ1v) is 7.66. The number of hydrogen-bond acceptors (Lipinski definition) is 2. The molecule has 0 fully saturated rings. The molecule has 0 heterocycles. The van der Waals surface area contributed by atoms with Gasteiger partial charge in [-0.15, -0.1) is 0 Å². The van der Waals surface area contributed by atoms with E-state index in [1.54, 1.807) is 0 Å². The van der Waals surface area contributed by atoms with E-state index in [2.05, 4.69) is 37.7 Å². The molecular weight excluding hydrogens is 292 g/mol. The quantitative estimate of drug-likeness (QED) is 0.553. The fraction of sp³-hybridized carbons (Fsp3) is 0.316. The number of hydrogen-bond donors (Lipinski definition) is 1. The van der Waals surface area contributed by atoms with Crippen molar-refractivity contribution in [1.82, 2.24) is 5.32 Å². The van der Waals surface area contributed by atoms with Crippen molar-refractivity contribution in [2.45, 2.75) is 34.6 Å². The second-order valence-corrected chi connectivity index (χ2v) is 6.03. The summed E-state index contributed by atoms with van der Waals surface area (Å²) in [6, 6.07) is 7.80. The van der Waals surface area contributed by atoms with Crippen LogP contribution in [0, 0.1) is 0 Å². The Morgan fingerprint density at radius 2 is 1.59 bits per heavy atom. The molecule has 1 rings (SSSR count). The molecule has 0 saturated heterocycles. The zero-order valence-corrected chi connectivity index (χ0v) is 15.1. The first-order valence-electron chi connectivity index (χ1n) is 7.28. The molecule has 0 aromatic heterocycles. The van der Waals surface area contributed by atoms with Crippen LogP contribution >= 0.6 is 11.6 Å². The Bertz CT molecular complexity index is 643. The Labute approximate surface area is 139 Å². The van der Waals surface area contributed by atoms with Gasteiger partial charge in [0.2, 0.25) is 0 Å². The second-order valence-electron chi connectivity index (χ2n) is 5.60. The zero-order chi connectivity index (χ0) is 16.9. The van der Waals surface area contributed by atoms with Gasteiger partial charge in [-0.3, -0.25) is 4.99 Å². The van der Waals surface area contributed by atoms with Crippen LogP contribution in [0.1, 0.15) is 40.2 Å². The summed E-state index contributed by atoms with van der Waals surface area (Å²) in [5.41, 5.74) is 7.50. The maximum absolute atomic E-state index is 6.02. The van der Waals surface area contributed by atoms with Crippen LogP contribution in [-0.2, 0) is 0 Å². The highest BCUT2D eigenvalue weighted by Crippen LogP contribution is 2.27. The molecule has 0 aliphatic rings. The van der Waals surface area contributed by atoms with Crippen molar-refractivity contribution < 1.29 is 0 Å². The van der Waals surface area contributed by atoms with Gasteiger partial charge in [0.05, 0.1) is 5.70 Å². The van der Waals surface area contributed by atoms with Crippen molar-refractivity contribution in [3.8, 4) is 0 Å². The average Bonchev–Trinajstić information content (AvgIpc) is 2.46. The van der Waals surface area contributed by atoms with Gasteiger partial charge in [-0.25, -0.2) is 0 Å². The van der Waals surface area contributed by atoms with Gasteiger partial charge in [-0.05, 0) is 57.9 Å². The number of halogens is 1. The van der Waals surface area contributed by atoms with E-state index in [0.717, 1.165) is 33.3 Å². The molecule has 2 nitrogen and oxygen atoms in total. The molecule has 3 heteroatoms. The summed E-state index contributed by atoms with van der Waals surface area (Å²) in [7, 11) is 1.81. The Balaban J connectivity index is 3.70. The standard InChI is InChI=1S/C19H25ClN2/c1-12(2)14(5)18(15(6)21-7)19(22-13(3)4)16-8-10-17(20)11-9-16/h8-11,22H,3H2,1-2,4-7H3. The smallest absolute Gasteiger partial charge is 0.0549 e. The molecule has 1 N–H and O–H groups in total. The molecule has 0 radical (unpaired) electrons. The summed E-state index contributed by atoms with van der Waals surface area (Å²) >= 11 is 6.02. The van der Waals surface area contributed by atoms with E-state index < -0.39 is 0 Å². The van der Waals surface area contributed by atoms with Crippen LogP contribution in [-0.4, -0.2) is 12.8 Å². The molecule has 0 aliphatic carbocycles. The highest BCUT2D eigenvalue weighted by atomic mass is 35.5. The highest BCUT2D eigenvalue weighted by molar-refractivity contribution is 6.30. The second kappa shape index (κ2) is 8.00. The van der Waals surface area contributed by atoms with E-state index >= 15 is 0 Å². The SMILES string of the molecule is C=C(C)NC(=C(C(C)=NC)C(C)=C(C)C)c1ccc(Cl)cc1. The van der Waals surface area contributed by atoms with Gasteiger partial charge in [-0.1, -0.05) is 35.9 Å². The van der Waals surface area contributed by atoms with Crippen molar-refractivity contribution in [3.63, 3.8) is 0 Å². The molecule has 22 heavy (non-hydrogen) atoms. The number of nitrogens with zero attached hydrogens (tertiary/aromatic N) is 1. The molecule has 1 aromatic rings. The lowest BCUT2D eigenvalue weighted by molar-refractivity contribution is 1.08. The van der Waals surface area contributed by atoms with Gasteiger partial charge in [0, 0.05) is 29.1 Å². The number of rotatable bonds is 5. The van der Waals surface area contributed by atoms with Crippen LogP contribution in [0.25, 0.3) is 5.70 Å². The summed E-state index contributed by atoms with van der Waals surface area (Å²) < 4.78 is 0. The third-order valence-corrected chi connectivity index (χ3v) is 3.80. The van der Waals surface area contributed by atoms with Gasteiger partial charge in [-0.2, -0.15) is 0 Å². The summed E-state index contributed by atoms with van der Waals surface area (Å²) in [6.07, 6.45) is 0. The number of allylic oxidation sites excluding steroid dienone is 4. The first-order chi connectivity index (χ1) is 10.3. The number of benzene rings is 1. The summed E-state index contributed by atoms with van der Waals surface area (Å²) in [6.45, 7) is 14.3. The Morgan fingerprint density at radius 1 is 1.05 bits per heavy atom. The van der Waals surface area contributed by atoms with E-state index in [-0.39, 0.29) is 0 Å².